The third-order valence-electron chi connectivity index (χ3n) is 2.32. The van der Waals surface area contributed by atoms with Gasteiger partial charge in [0.1, 0.15) is 0 Å². The van der Waals surface area contributed by atoms with Crippen molar-refractivity contribution in [3.8, 4) is 0 Å². The summed E-state index contributed by atoms with van der Waals surface area (Å²) in [5.74, 6) is 0.725. The summed E-state index contributed by atoms with van der Waals surface area (Å²) in [6, 6.07) is 0. The molecular formula is C9H13N. The van der Waals surface area contributed by atoms with Crippen molar-refractivity contribution >= 4 is 0 Å². The van der Waals surface area contributed by atoms with E-state index in [1.807, 2.05) is 0 Å². The van der Waals surface area contributed by atoms with Gasteiger partial charge in [-0.25, -0.2) is 0 Å². The molecule has 0 saturated carbocycles. The Labute approximate surface area is 61.8 Å². The highest BCUT2D eigenvalue weighted by atomic mass is 14.9. The number of fused-ring (bicyclic) bond motifs is 1. The molecule has 0 aromatic rings. The molecule has 1 heteroatoms. The van der Waals surface area contributed by atoms with E-state index in [0.717, 1.165) is 19.0 Å². The number of rotatable bonds is 0. The first-order valence-electron chi connectivity index (χ1n) is 4.03. The van der Waals surface area contributed by atoms with Gasteiger partial charge in [-0.15, -0.1) is 0 Å². The van der Waals surface area contributed by atoms with Crippen LogP contribution in [0.15, 0.2) is 23.8 Å². The zero-order chi connectivity index (χ0) is 6.81. The summed E-state index contributed by atoms with van der Waals surface area (Å²) in [4.78, 5) is 0. The monoisotopic (exact) mass is 135 g/mol. The lowest BCUT2D eigenvalue weighted by Gasteiger charge is -2.24. The van der Waals surface area contributed by atoms with Crippen LogP contribution in [0.3, 0.4) is 0 Å². The molecular weight excluding hydrogens is 122 g/mol. The molecule has 0 fully saturated rings. The predicted molar refractivity (Wildman–Crippen MR) is 42.8 cm³/mol. The molecule has 0 aromatic carbocycles. The zero-order valence-corrected chi connectivity index (χ0v) is 6.14. The van der Waals surface area contributed by atoms with Crippen LogP contribution >= 0.6 is 0 Å². The lowest BCUT2D eigenvalue weighted by molar-refractivity contribution is 0.576. The van der Waals surface area contributed by atoms with Gasteiger partial charge < -0.3 is 5.32 Å². The first-order valence-corrected chi connectivity index (χ1v) is 4.03. The fourth-order valence-corrected chi connectivity index (χ4v) is 1.71. The van der Waals surface area contributed by atoms with Gasteiger partial charge in [-0.1, -0.05) is 23.8 Å². The van der Waals surface area contributed by atoms with Gasteiger partial charge in [0.05, 0.1) is 0 Å². The molecule has 1 nitrogen and oxygen atoms in total. The minimum absolute atomic E-state index is 0.725. The Morgan fingerprint density at radius 1 is 1.50 bits per heavy atom. The topological polar surface area (TPSA) is 12.0 Å². The largest absolute Gasteiger partial charge is 0.312 e. The third kappa shape index (κ3) is 1.01. The molecule has 0 radical (unpaired) electrons. The minimum atomic E-state index is 0.725. The van der Waals surface area contributed by atoms with Gasteiger partial charge in [-0.05, 0) is 12.8 Å². The number of hydrogen-bond donors (Lipinski definition) is 1. The molecule has 1 aliphatic carbocycles. The van der Waals surface area contributed by atoms with Crippen LogP contribution < -0.4 is 5.32 Å². The molecule has 54 valence electrons. The van der Waals surface area contributed by atoms with Gasteiger partial charge in [-0.3, -0.25) is 0 Å². The average Bonchev–Trinajstić information content (AvgIpc) is 2.05. The summed E-state index contributed by atoms with van der Waals surface area (Å²) in [6.07, 6.45) is 9.53. The van der Waals surface area contributed by atoms with E-state index in [0.29, 0.717) is 0 Å². The Balaban J connectivity index is 2.20. The van der Waals surface area contributed by atoms with Crippen molar-refractivity contribution in [2.24, 2.45) is 5.92 Å². The van der Waals surface area contributed by atoms with Crippen LogP contribution in [0.25, 0.3) is 0 Å². The van der Waals surface area contributed by atoms with Crippen molar-refractivity contribution in [1.29, 1.82) is 0 Å². The lowest BCUT2D eigenvalue weighted by Crippen LogP contribution is -2.29. The van der Waals surface area contributed by atoms with Crippen LogP contribution in [0.5, 0.6) is 0 Å². The quantitative estimate of drug-likeness (QED) is 0.496. The molecule has 0 aromatic heterocycles. The van der Waals surface area contributed by atoms with Crippen LogP contribution in [0.4, 0.5) is 0 Å². The Hall–Kier alpha value is -0.560. The van der Waals surface area contributed by atoms with Crippen LogP contribution in [-0.2, 0) is 0 Å². The first-order chi connectivity index (χ1) is 4.97. The van der Waals surface area contributed by atoms with E-state index in [9.17, 15) is 0 Å². The van der Waals surface area contributed by atoms with E-state index in [1.165, 1.54) is 12.8 Å². The molecule has 0 bridgehead atoms. The maximum absolute atomic E-state index is 3.36. The maximum Gasteiger partial charge on any atom is 0.0138 e. The van der Waals surface area contributed by atoms with E-state index >= 15 is 0 Å². The van der Waals surface area contributed by atoms with E-state index < -0.39 is 0 Å². The summed E-state index contributed by atoms with van der Waals surface area (Å²) in [6.45, 7) is 2.24. The molecule has 1 heterocycles. The van der Waals surface area contributed by atoms with Gasteiger partial charge >= 0.3 is 0 Å². The molecule has 10 heavy (non-hydrogen) atoms. The van der Waals surface area contributed by atoms with E-state index in [2.05, 4.69) is 23.5 Å². The van der Waals surface area contributed by atoms with Gasteiger partial charge in [0.2, 0.25) is 0 Å². The van der Waals surface area contributed by atoms with Crippen LogP contribution in [0, 0.1) is 5.92 Å². The number of allylic oxidation sites excluding steroid dienone is 1. The highest BCUT2D eigenvalue weighted by molar-refractivity contribution is 5.21. The van der Waals surface area contributed by atoms with Crippen molar-refractivity contribution in [2.75, 3.05) is 13.1 Å². The predicted octanol–water partition coefficient (Wildman–Crippen LogP) is 1.48. The zero-order valence-electron chi connectivity index (χ0n) is 6.14. The average molecular weight is 135 g/mol. The molecule has 0 saturated heterocycles. The SMILES string of the molecule is C1=CC2CNCC=C2CC1. The highest BCUT2D eigenvalue weighted by Gasteiger charge is 2.15. The minimum Gasteiger partial charge on any atom is -0.312 e. The summed E-state index contributed by atoms with van der Waals surface area (Å²) in [7, 11) is 0. The second-order valence-electron chi connectivity index (χ2n) is 3.01. The van der Waals surface area contributed by atoms with Crippen molar-refractivity contribution in [2.45, 2.75) is 12.8 Å². The molecule has 1 atom stereocenters. The van der Waals surface area contributed by atoms with E-state index in [1.54, 1.807) is 5.57 Å². The summed E-state index contributed by atoms with van der Waals surface area (Å²) >= 11 is 0. The van der Waals surface area contributed by atoms with Gasteiger partial charge in [0, 0.05) is 19.0 Å². The van der Waals surface area contributed by atoms with Gasteiger partial charge in [0.25, 0.3) is 0 Å². The summed E-state index contributed by atoms with van der Waals surface area (Å²) in [5.41, 5.74) is 1.65. The fraction of sp³-hybridized carbons (Fsp3) is 0.556. The van der Waals surface area contributed by atoms with Crippen molar-refractivity contribution in [3.05, 3.63) is 23.8 Å². The van der Waals surface area contributed by atoms with E-state index in [-0.39, 0.29) is 0 Å². The van der Waals surface area contributed by atoms with Crippen molar-refractivity contribution < 1.29 is 0 Å². The molecule has 2 rings (SSSR count). The summed E-state index contributed by atoms with van der Waals surface area (Å²) in [5, 5.41) is 3.36. The Morgan fingerprint density at radius 3 is 3.40 bits per heavy atom. The van der Waals surface area contributed by atoms with Crippen LogP contribution in [0.2, 0.25) is 0 Å². The summed E-state index contributed by atoms with van der Waals surface area (Å²) < 4.78 is 0. The Bertz CT molecular complexity index is 179. The second-order valence-corrected chi connectivity index (χ2v) is 3.01. The third-order valence-corrected chi connectivity index (χ3v) is 2.32. The molecule has 2 aliphatic rings. The van der Waals surface area contributed by atoms with Crippen LogP contribution in [-0.4, -0.2) is 13.1 Å². The van der Waals surface area contributed by atoms with E-state index in [4.69, 9.17) is 0 Å². The van der Waals surface area contributed by atoms with Gasteiger partial charge in [0.15, 0.2) is 0 Å². The molecule has 0 spiro atoms. The van der Waals surface area contributed by atoms with Crippen LogP contribution in [0.1, 0.15) is 12.8 Å². The Kier molecular flexibility index (Phi) is 1.60. The maximum atomic E-state index is 3.36. The van der Waals surface area contributed by atoms with Crippen molar-refractivity contribution in [3.63, 3.8) is 0 Å². The number of hydrogen-bond acceptors (Lipinski definition) is 1. The molecule has 0 amide bonds. The highest BCUT2D eigenvalue weighted by Crippen LogP contribution is 2.24. The van der Waals surface area contributed by atoms with Crippen molar-refractivity contribution in [1.82, 2.24) is 5.32 Å². The van der Waals surface area contributed by atoms with Gasteiger partial charge in [-0.2, -0.15) is 0 Å². The fourth-order valence-electron chi connectivity index (χ4n) is 1.71. The lowest BCUT2D eigenvalue weighted by atomic mass is 9.88. The first kappa shape index (κ1) is 6.17. The standard InChI is InChI=1S/C9H13N/c1-2-4-9-7-10-6-5-8(9)3-1/h2,4-5,9-10H,1,3,6-7H2. The molecule has 1 N–H and O–H groups in total. The second kappa shape index (κ2) is 2.59. The Morgan fingerprint density at radius 2 is 2.50 bits per heavy atom. The normalized spacial score (nSPS) is 31.2. The molecule has 1 aliphatic heterocycles. The molecule has 1 unspecified atom stereocenters. The number of nitrogens with one attached hydrogen (secondary N) is 1. The smallest absolute Gasteiger partial charge is 0.0138 e.